The molecule has 1 aromatic carbocycles. The number of nitrogens with one attached hydrogen (secondary N) is 1. The number of rotatable bonds is 4. The molecule has 1 aromatic rings. The van der Waals surface area contributed by atoms with Crippen molar-refractivity contribution in [2.75, 3.05) is 25.4 Å². The highest BCUT2D eigenvalue weighted by Crippen LogP contribution is 2.17. The van der Waals surface area contributed by atoms with Gasteiger partial charge >= 0.3 is 0 Å². The molecule has 8 heteroatoms. The summed E-state index contributed by atoms with van der Waals surface area (Å²) in [5, 5.41) is 3.19. The Morgan fingerprint density at radius 2 is 2.00 bits per heavy atom. The highest BCUT2D eigenvalue weighted by atomic mass is 35.5. The Balaban J connectivity index is 0.00000264. The van der Waals surface area contributed by atoms with Gasteiger partial charge in [-0.2, -0.15) is 0 Å². The number of sulfone groups is 1. The second-order valence-corrected chi connectivity index (χ2v) is 7.76. The molecule has 5 nitrogen and oxygen atoms in total. The second-order valence-electron chi connectivity index (χ2n) is 5.72. The predicted molar refractivity (Wildman–Crippen MR) is 88.9 cm³/mol. The summed E-state index contributed by atoms with van der Waals surface area (Å²) in [6, 6.07) is 4.73. The molecule has 1 amide bonds. The van der Waals surface area contributed by atoms with E-state index in [9.17, 15) is 17.6 Å². The number of nitrogens with zero attached hydrogens (tertiary/aromatic N) is 1. The van der Waals surface area contributed by atoms with Crippen LogP contribution >= 0.6 is 12.4 Å². The molecule has 0 aromatic heterocycles. The minimum absolute atomic E-state index is 0. The summed E-state index contributed by atoms with van der Waals surface area (Å²) in [6.45, 7) is 5.57. The lowest BCUT2D eigenvalue weighted by molar-refractivity contribution is -0.137. The molecule has 2 unspecified atom stereocenters. The number of carbonyl (C=O) groups is 1. The lowest BCUT2D eigenvalue weighted by atomic mass is 10.1. The van der Waals surface area contributed by atoms with Crippen molar-refractivity contribution >= 4 is 28.2 Å². The average molecular weight is 365 g/mol. The van der Waals surface area contributed by atoms with E-state index < -0.39 is 21.6 Å². The van der Waals surface area contributed by atoms with Gasteiger partial charge in [-0.3, -0.25) is 4.79 Å². The average Bonchev–Trinajstić information content (AvgIpc) is 2.47. The third-order valence-corrected chi connectivity index (χ3v) is 5.78. The van der Waals surface area contributed by atoms with Crippen LogP contribution in [0.4, 0.5) is 4.39 Å². The number of carbonyl (C=O) groups excluding carboxylic acids is 1. The van der Waals surface area contributed by atoms with E-state index in [1.165, 1.54) is 12.1 Å². The largest absolute Gasteiger partial charge is 0.337 e. The summed E-state index contributed by atoms with van der Waals surface area (Å²) in [4.78, 5) is 14.2. The Kier molecular flexibility index (Phi) is 6.98. The predicted octanol–water partition coefficient (Wildman–Crippen LogP) is 1.48. The second kappa shape index (κ2) is 8.08. The SMILES string of the molecule is CC(CS(=O)(=O)c1ccc(F)cc1)C(=O)N1CCNCC1C.Cl. The fraction of sp³-hybridized carbons (Fsp3) is 0.533. The standard InChI is InChI=1S/C15H21FN2O3S.ClH/c1-11(15(19)18-8-7-17-9-12(18)2)10-22(20,21)14-5-3-13(16)4-6-14;/h3-6,11-12,17H,7-10H2,1-2H3;1H. The topological polar surface area (TPSA) is 66.5 Å². The van der Waals surface area contributed by atoms with Crippen molar-refractivity contribution < 1.29 is 17.6 Å². The molecular weight excluding hydrogens is 343 g/mol. The van der Waals surface area contributed by atoms with Gasteiger partial charge in [0.25, 0.3) is 0 Å². The molecule has 0 spiro atoms. The van der Waals surface area contributed by atoms with Gasteiger partial charge in [0.15, 0.2) is 9.84 Å². The first-order valence-corrected chi connectivity index (χ1v) is 8.96. The van der Waals surface area contributed by atoms with Crippen molar-refractivity contribution in [3.8, 4) is 0 Å². The van der Waals surface area contributed by atoms with Gasteiger partial charge in [0.1, 0.15) is 5.82 Å². The van der Waals surface area contributed by atoms with E-state index in [0.29, 0.717) is 19.6 Å². The van der Waals surface area contributed by atoms with Crippen LogP contribution in [-0.4, -0.2) is 50.7 Å². The number of hydrogen-bond donors (Lipinski definition) is 1. The Bertz CT molecular complexity index is 637. The zero-order valence-corrected chi connectivity index (χ0v) is 14.8. The lowest BCUT2D eigenvalue weighted by Crippen LogP contribution is -2.54. The zero-order chi connectivity index (χ0) is 16.3. The van der Waals surface area contributed by atoms with E-state index in [-0.39, 0.29) is 35.0 Å². The van der Waals surface area contributed by atoms with Crippen LogP contribution in [0.3, 0.4) is 0 Å². The van der Waals surface area contributed by atoms with E-state index in [0.717, 1.165) is 12.1 Å². The molecule has 2 atom stereocenters. The van der Waals surface area contributed by atoms with Crippen molar-refractivity contribution in [1.29, 1.82) is 0 Å². The maximum absolute atomic E-state index is 12.9. The zero-order valence-electron chi connectivity index (χ0n) is 13.2. The van der Waals surface area contributed by atoms with Crippen LogP contribution in [0.15, 0.2) is 29.2 Å². The lowest BCUT2D eigenvalue weighted by Gasteiger charge is -2.35. The fourth-order valence-electron chi connectivity index (χ4n) is 2.59. The Morgan fingerprint density at radius 3 is 2.57 bits per heavy atom. The van der Waals surface area contributed by atoms with Gasteiger partial charge in [-0.1, -0.05) is 6.92 Å². The van der Waals surface area contributed by atoms with Crippen LogP contribution < -0.4 is 5.32 Å². The molecule has 0 saturated carbocycles. The first-order valence-electron chi connectivity index (χ1n) is 7.31. The fourth-order valence-corrected chi connectivity index (χ4v) is 4.13. The van der Waals surface area contributed by atoms with Gasteiger partial charge in [0.05, 0.1) is 10.6 Å². The molecule has 1 aliphatic rings. The van der Waals surface area contributed by atoms with E-state index in [1.807, 2.05) is 6.92 Å². The van der Waals surface area contributed by atoms with Gasteiger partial charge in [-0.25, -0.2) is 12.8 Å². The number of piperazine rings is 1. The third-order valence-electron chi connectivity index (χ3n) is 3.85. The molecule has 1 N–H and O–H groups in total. The number of halogens is 2. The van der Waals surface area contributed by atoms with Crippen molar-refractivity contribution in [2.45, 2.75) is 24.8 Å². The quantitative estimate of drug-likeness (QED) is 0.822. The van der Waals surface area contributed by atoms with Crippen LogP contribution in [0.2, 0.25) is 0 Å². The van der Waals surface area contributed by atoms with Crippen molar-refractivity contribution in [2.24, 2.45) is 5.92 Å². The maximum Gasteiger partial charge on any atom is 0.226 e. The molecule has 1 aliphatic heterocycles. The Labute approximate surface area is 142 Å². The van der Waals surface area contributed by atoms with Crippen LogP contribution in [0.25, 0.3) is 0 Å². The van der Waals surface area contributed by atoms with Crippen molar-refractivity contribution in [3.05, 3.63) is 30.1 Å². The summed E-state index contributed by atoms with van der Waals surface area (Å²) in [6.07, 6.45) is 0. The van der Waals surface area contributed by atoms with Gasteiger partial charge in [-0.05, 0) is 31.2 Å². The van der Waals surface area contributed by atoms with Gasteiger partial charge < -0.3 is 10.2 Å². The molecule has 1 saturated heterocycles. The molecular formula is C15H22ClFN2O3S. The highest BCUT2D eigenvalue weighted by molar-refractivity contribution is 7.91. The highest BCUT2D eigenvalue weighted by Gasteiger charge is 2.30. The Morgan fingerprint density at radius 1 is 1.39 bits per heavy atom. The molecule has 1 fully saturated rings. The molecule has 0 aliphatic carbocycles. The Hall–Kier alpha value is -1.18. The summed E-state index contributed by atoms with van der Waals surface area (Å²) < 4.78 is 37.5. The summed E-state index contributed by atoms with van der Waals surface area (Å²) in [7, 11) is -3.61. The first-order chi connectivity index (χ1) is 10.3. The summed E-state index contributed by atoms with van der Waals surface area (Å²) in [5.41, 5.74) is 0. The maximum atomic E-state index is 12.9. The van der Waals surface area contributed by atoms with Crippen LogP contribution in [0, 0.1) is 11.7 Å². The van der Waals surface area contributed by atoms with E-state index in [4.69, 9.17) is 0 Å². The van der Waals surface area contributed by atoms with Crippen LogP contribution in [-0.2, 0) is 14.6 Å². The summed E-state index contributed by atoms with van der Waals surface area (Å²) in [5.74, 6) is -1.54. The minimum atomic E-state index is -3.61. The van der Waals surface area contributed by atoms with Crippen molar-refractivity contribution in [1.82, 2.24) is 10.2 Å². The molecule has 2 rings (SSSR count). The monoisotopic (exact) mass is 364 g/mol. The molecule has 0 bridgehead atoms. The molecule has 1 heterocycles. The van der Waals surface area contributed by atoms with E-state index in [2.05, 4.69) is 5.32 Å². The van der Waals surface area contributed by atoms with Crippen molar-refractivity contribution in [3.63, 3.8) is 0 Å². The number of hydrogen-bond acceptors (Lipinski definition) is 4. The normalized spacial score (nSPS) is 19.8. The van der Waals surface area contributed by atoms with Gasteiger partial charge in [-0.15, -0.1) is 12.4 Å². The van der Waals surface area contributed by atoms with Crippen LogP contribution in [0.5, 0.6) is 0 Å². The number of benzene rings is 1. The summed E-state index contributed by atoms with van der Waals surface area (Å²) >= 11 is 0. The molecule has 0 radical (unpaired) electrons. The van der Waals surface area contributed by atoms with E-state index >= 15 is 0 Å². The molecule has 130 valence electrons. The van der Waals surface area contributed by atoms with Gasteiger partial charge in [0.2, 0.25) is 5.91 Å². The van der Waals surface area contributed by atoms with E-state index in [1.54, 1.807) is 11.8 Å². The first kappa shape index (κ1) is 19.9. The number of amides is 1. The minimum Gasteiger partial charge on any atom is -0.337 e. The van der Waals surface area contributed by atoms with Crippen LogP contribution in [0.1, 0.15) is 13.8 Å². The molecule has 23 heavy (non-hydrogen) atoms. The third kappa shape index (κ3) is 4.89. The smallest absolute Gasteiger partial charge is 0.226 e. The van der Waals surface area contributed by atoms with Gasteiger partial charge in [0, 0.05) is 31.6 Å².